The van der Waals surface area contributed by atoms with Gasteiger partial charge in [0.25, 0.3) is 0 Å². The topological polar surface area (TPSA) is 12.0 Å². The van der Waals surface area contributed by atoms with E-state index in [9.17, 15) is 0 Å². The Morgan fingerprint density at radius 3 is 2.81 bits per heavy atom. The van der Waals surface area contributed by atoms with E-state index in [2.05, 4.69) is 50.4 Å². The molecule has 0 aromatic heterocycles. The highest BCUT2D eigenvalue weighted by molar-refractivity contribution is 5.22. The van der Waals surface area contributed by atoms with Crippen molar-refractivity contribution in [3.8, 4) is 0 Å². The highest BCUT2D eigenvalue weighted by Crippen LogP contribution is 2.05. The van der Waals surface area contributed by atoms with E-state index in [1.807, 2.05) is 0 Å². The lowest BCUT2D eigenvalue weighted by molar-refractivity contribution is 0.498. The molecule has 1 aromatic rings. The van der Waals surface area contributed by atoms with E-state index in [4.69, 9.17) is 0 Å². The Labute approximate surface area is 100 Å². The summed E-state index contributed by atoms with van der Waals surface area (Å²) < 4.78 is 0. The van der Waals surface area contributed by atoms with E-state index in [0.29, 0.717) is 6.04 Å². The zero-order valence-corrected chi connectivity index (χ0v) is 10.9. The van der Waals surface area contributed by atoms with Gasteiger partial charge in [-0.3, -0.25) is 0 Å². The van der Waals surface area contributed by atoms with Crippen LogP contribution in [0.2, 0.25) is 0 Å². The lowest BCUT2D eigenvalue weighted by Gasteiger charge is -2.13. The van der Waals surface area contributed by atoms with Crippen LogP contribution >= 0.6 is 0 Å². The lowest BCUT2D eigenvalue weighted by atomic mass is 10.1. The first-order valence-electron chi connectivity index (χ1n) is 6.51. The summed E-state index contributed by atoms with van der Waals surface area (Å²) in [5.41, 5.74) is 2.80. The van der Waals surface area contributed by atoms with E-state index in [0.717, 1.165) is 13.0 Å². The number of hydrogen-bond acceptors (Lipinski definition) is 1. The molecule has 1 nitrogen and oxygen atoms in total. The van der Waals surface area contributed by atoms with E-state index in [1.54, 1.807) is 0 Å². The maximum Gasteiger partial charge on any atom is 0.00388 e. The van der Waals surface area contributed by atoms with Crippen molar-refractivity contribution in [1.82, 2.24) is 5.32 Å². The molecule has 0 bridgehead atoms. The molecule has 16 heavy (non-hydrogen) atoms. The van der Waals surface area contributed by atoms with Gasteiger partial charge in [0, 0.05) is 6.04 Å². The third-order valence-electron chi connectivity index (χ3n) is 2.98. The molecule has 0 spiro atoms. The molecule has 1 unspecified atom stereocenters. The first-order chi connectivity index (χ1) is 7.72. The molecule has 0 aliphatic rings. The van der Waals surface area contributed by atoms with Crippen LogP contribution in [0.4, 0.5) is 0 Å². The van der Waals surface area contributed by atoms with Gasteiger partial charge >= 0.3 is 0 Å². The molecule has 0 saturated heterocycles. The first-order valence-corrected chi connectivity index (χ1v) is 6.51. The number of nitrogens with one attached hydrogen (secondary N) is 1. The number of aryl methyl sites for hydroxylation is 1. The average Bonchev–Trinajstić information content (AvgIpc) is 2.26. The molecule has 90 valence electrons. The summed E-state index contributed by atoms with van der Waals surface area (Å²) in [7, 11) is 0. The molecule has 1 rings (SSSR count). The van der Waals surface area contributed by atoms with Crippen LogP contribution in [0.15, 0.2) is 24.3 Å². The lowest BCUT2D eigenvalue weighted by Crippen LogP contribution is -2.27. The average molecular weight is 219 g/mol. The molecule has 1 aromatic carbocycles. The van der Waals surface area contributed by atoms with Crippen LogP contribution in [-0.2, 0) is 6.42 Å². The summed E-state index contributed by atoms with van der Waals surface area (Å²) in [5, 5.41) is 3.59. The van der Waals surface area contributed by atoms with Gasteiger partial charge < -0.3 is 5.32 Å². The highest BCUT2D eigenvalue weighted by atomic mass is 14.9. The summed E-state index contributed by atoms with van der Waals surface area (Å²) in [4.78, 5) is 0. The van der Waals surface area contributed by atoms with Gasteiger partial charge in [0.05, 0.1) is 0 Å². The van der Waals surface area contributed by atoms with E-state index < -0.39 is 0 Å². The van der Waals surface area contributed by atoms with Crippen LogP contribution in [0.25, 0.3) is 0 Å². The van der Waals surface area contributed by atoms with Crippen molar-refractivity contribution in [2.75, 3.05) is 6.54 Å². The van der Waals surface area contributed by atoms with Gasteiger partial charge in [0.1, 0.15) is 0 Å². The van der Waals surface area contributed by atoms with Gasteiger partial charge in [-0.15, -0.1) is 0 Å². The molecule has 0 fully saturated rings. The van der Waals surface area contributed by atoms with Crippen LogP contribution in [0.5, 0.6) is 0 Å². The number of benzene rings is 1. The molecule has 0 radical (unpaired) electrons. The zero-order valence-electron chi connectivity index (χ0n) is 10.9. The van der Waals surface area contributed by atoms with Crippen molar-refractivity contribution in [3.05, 3.63) is 35.4 Å². The largest absolute Gasteiger partial charge is 0.314 e. The molecule has 0 amide bonds. The molecular formula is C15H25N. The number of unbranched alkanes of at least 4 members (excludes halogenated alkanes) is 1. The Balaban J connectivity index is 2.20. The van der Waals surface area contributed by atoms with Crippen molar-refractivity contribution in [1.29, 1.82) is 0 Å². The molecule has 0 aliphatic heterocycles. The molecular weight excluding hydrogens is 194 g/mol. The van der Waals surface area contributed by atoms with E-state index >= 15 is 0 Å². The standard InChI is InChI=1S/C15H25N/c1-4-5-8-14(3)16-11-10-15-9-6-7-13(2)12-15/h6-7,9,12,14,16H,4-5,8,10-11H2,1-3H3. The van der Waals surface area contributed by atoms with Gasteiger partial charge in [-0.05, 0) is 38.8 Å². The monoisotopic (exact) mass is 219 g/mol. The number of rotatable bonds is 7. The van der Waals surface area contributed by atoms with E-state index in [-0.39, 0.29) is 0 Å². The van der Waals surface area contributed by atoms with E-state index in [1.165, 1.54) is 30.4 Å². The predicted molar refractivity (Wildman–Crippen MR) is 71.9 cm³/mol. The Morgan fingerprint density at radius 2 is 2.12 bits per heavy atom. The van der Waals surface area contributed by atoms with Gasteiger partial charge in [-0.2, -0.15) is 0 Å². The summed E-state index contributed by atoms with van der Waals surface area (Å²) in [6.45, 7) is 7.78. The molecule has 1 atom stereocenters. The van der Waals surface area contributed by atoms with Gasteiger partial charge in [-0.25, -0.2) is 0 Å². The van der Waals surface area contributed by atoms with Crippen LogP contribution in [0.1, 0.15) is 44.2 Å². The maximum absolute atomic E-state index is 3.59. The smallest absolute Gasteiger partial charge is 0.00388 e. The number of hydrogen-bond donors (Lipinski definition) is 1. The molecule has 1 heteroatoms. The molecule has 0 aliphatic carbocycles. The normalized spacial score (nSPS) is 12.7. The third-order valence-corrected chi connectivity index (χ3v) is 2.98. The molecule has 0 heterocycles. The van der Waals surface area contributed by atoms with Crippen molar-refractivity contribution in [2.24, 2.45) is 0 Å². The van der Waals surface area contributed by atoms with Crippen LogP contribution in [-0.4, -0.2) is 12.6 Å². The fraction of sp³-hybridized carbons (Fsp3) is 0.600. The van der Waals surface area contributed by atoms with Crippen molar-refractivity contribution < 1.29 is 0 Å². The van der Waals surface area contributed by atoms with Crippen LogP contribution < -0.4 is 5.32 Å². The SMILES string of the molecule is CCCCC(C)NCCc1cccc(C)c1. The Bertz CT molecular complexity index is 293. The fourth-order valence-corrected chi connectivity index (χ4v) is 1.94. The molecule has 1 N–H and O–H groups in total. The summed E-state index contributed by atoms with van der Waals surface area (Å²) in [6, 6.07) is 9.44. The summed E-state index contributed by atoms with van der Waals surface area (Å²) in [5.74, 6) is 0. The van der Waals surface area contributed by atoms with Gasteiger partial charge in [-0.1, -0.05) is 49.6 Å². The van der Waals surface area contributed by atoms with Crippen LogP contribution in [0, 0.1) is 6.92 Å². The Morgan fingerprint density at radius 1 is 1.31 bits per heavy atom. The summed E-state index contributed by atoms with van der Waals surface area (Å²) >= 11 is 0. The maximum atomic E-state index is 3.59. The van der Waals surface area contributed by atoms with Gasteiger partial charge in [0.15, 0.2) is 0 Å². The first kappa shape index (κ1) is 13.2. The minimum atomic E-state index is 0.657. The fourth-order valence-electron chi connectivity index (χ4n) is 1.94. The minimum absolute atomic E-state index is 0.657. The second-order valence-electron chi connectivity index (χ2n) is 4.74. The molecule has 0 saturated carbocycles. The van der Waals surface area contributed by atoms with Crippen molar-refractivity contribution in [2.45, 2.75) is 52.5 Å². The summed E-state index contributed by atoms with van der Waals surface area (Å²) in [6.07, 6.45) is 5.06. The predicted octanol–water partition coefficient (Wildman–Crippen LogP) is 3.71. The quantitative estimate of drug-likeness (QED) is 0.737. The Kier molecular flexibility index (Phi) is 6.17. The van der Waals surface area contributed by atoms with Crippen LogP contribution in [0.3, 0.4) is 0 Å². The Hall–Kier alpha value is -0.820. The third kappa shape index (κ3) is 5.32. The second kappa shape index (κ2) is 7.45. The second-order valence-corrected chi connectivity index (χ2v) is 4.74. The minimum Gasteiger partial charge on any atom is -0.314 e. The zero-order chi connectivity index (χ0) is 11.8. The van der Waals surface area contributed by atoms with Crippen molar-refractivity contribution >= 4 is 0 Å². The van der Waals surface area contributed by atoms with Gasteiger partial charge in [0.2, 0.25) is 0 Å². The highest BCUT2D eigenvalue weighted by Gasteiger charge is 2.00. The van der Waals surface area contributed by atoms with Crippen molar-refractivity contribution in [3.63, 3.8) is 0 Å².